The minimum atomic E-state index is -4.26. The van der Waals surface area contributed by atoms with Crippen molar-refractivity contribution in [3.8, 4) is 40.7 Å². The Bertz CT molecular complexity index is 1660. The number of aliphatic hydroxyl groups excluding tert-OH is 1. The molecule has 0 bridgehead atoms. The van der Waals surface area contributed by atoms with Crippen molar-refractivity contribution in [1.82, 2.24) is 19.7 Å². The SMILES string of the molecule is CCCN(c1nnc(-c2cccc(OC)n2)n1-c1c(OC)cccc1OC)S(=O)(=O)[C@H](C)[C@H](O)c1ccc(C#N)cc1. The summed E-state index contributed by atoms with van der Waals surface area (Å²) in [5, 5.41) is 27.7. The van der Waals surface area contributed by atoms with Gasteiger partial charge in [0.25, 0.3) is 0 Å². The van der Waals surface area contributed by atoms with Crippen molar-refractivity contribution in [3.63, 3.8) is 0 Å². The zero-order chi connectivity index (χ0) is 30.4. The highest BCUT2D eigenvalue weighted by Gasteiger charge is 2.38. The van der Waals surface area contributed by atoms with Gasteiger partial charge >= 0.3 is 0 Å². The quantitative estimate of drug-likeness (QED) is 0.256. The Hall–Kier alpha value is -4.67. The minimum Gasteiger partial charge on any atom is -0.494 e. The van der Waals surface area contributed by atoms with E-state index in [1.54, 1.807) is 36.4 Å². The number of hydrogen-bond acceptors (Lipinski definition) is 10. The van der Waals surface area contributed by atoms with E-state index in [1.165, 1.54) is 57.1 Å². The summed E-state index contributed by atoms with van der Waals surface area (Å²) in [6.07, 6.45) is -0.958. The number of hydrogen-bond donors (Lipinski definition) is 1. The molecule has 0 amide bonds. The number of ether oxygens (including phenoxy) is 3. The van der Waals surface area contributed by atoms with Gasteiger partial charge in [0.15, 0.2) is 5.82 Å². The molecule has 0 saturated heterocycles. The highest BCUT2D eigenvalue weighted by Crippen LogP contribution is 2.39. The largest absolute Gasteiger partial charge is 0.494 e. The third-order valence-electron chi connectivity index (χ3n) is 6.69. The van der Waals surface area contributed by atoms with E-state index in [1.807, 2.05) is 13.0 Å². The molecule has 0 aliphatic rings. The number of rotatable bonds is 12. The van der Waals surface area contributed by atoms with Crippen molar-refractivity contribution in [2.75, 3.05) is 32.2 Å². The van der Waals surface area contributed by atoms with Crippen molar-refractivity contribution in [2.45, 2.75) is 31.6 Å². The molecule has 2 aromatic carbocycles. The molecule has 220 valence electrons. The van der Waals surface area contributed by atoms with E-state index in [0.29, 0.717) is 46.3 Å². The Labute approximate surface area is 244 Å². The van der Waals surface area contributed by atoms with Crippen LogP contribution in [0, 0.1) is 11.3 Å². The Morgan fingerprint density at radius 3 is 2.19 bits per heavy atom. The number of pyridine rings is 1. The first-order chi connectivity index (χ1) is 20.2. The lowest BCUT2D eigenvalue weighted by Crippen LogP contribution is -2.42. The molecule has 0 fully saturated rings. The second-order valence-corrected chi connectivity index (χ2v) is 11.5. The number of aliphatic hydroxyl groups is 1. The highest BCUT2D eigenvalue weighted by molar-refractivity contribution is 7.93. The summed E-state index contributed by atoms with van der Waals surface area (Å²) in [4.78, 5) is 4.50. The lowest BCUT2D eigenvalue weighted by atomic mass is 10.1. The maximum absolute atomic E-state index is 14.2. The molecule has 13 heteroatoms. The van der Waals surface area contributed by atoms with Crippen molar-refractivity contribution < 1.29 is 27.7 Å². The number of methoxy groups -OCH3 is 3. The molecule has 0 radical (unpaired) electrons. The second-order valence-electron chi connectivity index (χ2n) is 9.24. The number of sulfonamides is 1. The van der Waals surface area contributed by atoms with Crippen LogP contribution in [-0.2, 0) is 10.0 Å². The average Bonchev–Trinajstić information content (AvgIpc) is 3.46. The normalized spacial score (nSPS) is 12.7. The van der Waals surface area contributed by atoms with E-state index >= 15 is 0 Å². The Balaban J connectivity index is 1.94. The molecule has 4 rings (SSSR count). The fourth-order valence-electron chi connectivity index (χ4n) is 4.45. The summed E-state index contributed by atoms with van der Waals surface area (Å²) in [6.45, 7) is 3.29. The molecule has 2 heterocycles. The van der Waals surface area contributed by atoms with Crippen LogP contribution in [0.15, 0.2) is 60.7 Å². The molecule has 0 saturated carbocycles. The third-order valence-corrected chi connectivity index (χ3v) is 8.84. The summed E-state index contributed by atoms with van der Waals surface area (Å²) in [5.74, 6) is 1.24. The highest BCUT2D eigenvalue weighted by atomic mass is 32.2. The number of benzene rings is 2. The van der Waals surface area contributed by atoms with Crippen LogP contribution >= 0.6 is 0 Å². The summed E-state index contributed by atoms with van der Waals surface area (Å²) in [5.41, 5.74) is 1.47. The van der Waals surface area contributed by atoms with E-state index in [4.69, 9.17) is 19.5 Å². The van der Waals surface area contributed by atoms with E-state index in [2.05, 4.69) is 15.2 Å². The van der Waals surface area contributed by atoms with Crippen LogP contribution in [0.2, 0.25) is 0 Å². The number of nitriles is 1. The summed E-state index contributed by atoms with van der Waals surface area (Å²) < 4.78 is 47.7. The zero-order valence-corrected chi connectivity index (χ0v) is 24.7. The summed E-state index contributed by atoms with van der Waals surface area (Å²) in [6, 6.07) is 18.4. The number of para-hydroxylation sites is 1. The van der Waals surface area contributed by atoms with Gasteiger partial charge in [-0.25, -0.2) is 17.7 Å². The molecule has 0 aliphatic carbocycles. The van der Waals surface area contributed by atoms with Gasteiger partial charge in [0.1, 0.15) is 28.1 Å². The van der Waals surface area contributed by atoms with E-state index in [0.717, 1.165) is 4.31 Å². The number of nitrogens with zero attached hydrogens (tertiary/aromatic N) is 6. The van der Waals surface area contributed by atoms with Gasteiger partial charge in [0.2, 0.25) is 21.9 Å². The van der Waals surface area contributed by atoms with Gasteiger partial charge in [0.05, 0.1) is 39.1 Å². The van der Waals surface area contributed by atoms with Gasteiger partial charge in [0, 0.05) is 12.6 Å². The van der Waals surface area contributed by atoms with Crippen LogP contribution in [0.4, 0.5) is 5.95 Å². The molecule has 4 aromatic rings. The maximum Gasteiger partial charge on any atom is 0.246 e. The van der Waals surface area contributed by atoms with Crippen LogP contribution in [0.25, 0.3) is 17.2 Å². The second kappa shape index (κ2) is 12.9. The third kappa shape index (κ3) is 5.72. The van der Waals surface area contributed by atoms with Gasteiger partial charge < -0.3 is 19.3 Å². The zero-order valence-electron chi connectivity index (χ0n) is 23.9. The fraction of sp³-hybridized carbons (Fsp3) is 0.310. The molecule has 0 aliphatic heterocycles. The molecular weight excluding hydrogens is 560 g/mol. The molecule has 42 heavy (non-hydrogen) atoms. The Morgan fingerprint density at radius 1 is 0.976 bits per heavy atom. The van der Waals surface area contributed by atoms with Crippen LogP contribution in [0.5, 0.6) is 17.4 Å². The van der Waals surface area contributed by atoms with Gasteiger partial charge in [-0.1, -0.05) is 31.2 Å². The lowest BCUT2D eigenvalue weighted by molar-refractivity contribution is 0.176. The molecular formula is C29H32N6O6S. The van der Waals surface area contributed by atoms with Crippen molar-refractivity contribution in [3.05, 3.63) is 71.8 Å². The predicted molar refractivity (Wildman–Crippen MR) is 156 cm³/mol. The lowest BCUT2D eigenvalue weighted by Gasteiger charge is -2.29. The molecule has 0 unspecified atom stereocenters. The van der Waals surface area contributed by atoms with Gasteiger partial charge in [-0.3, -0.25) is 4.57 Å². The minimum absolute atomic E-state index is 0.0356. The fourth-order valence-corrected chi connectivity index (χ4v) is 6.12. The number of aromatic nitrogens is 4. The molecule has 1 N–H and O–H groups in total. The van der Waals surface area contributed by atoms with Gasteiger partial charge in [-0.2, -0.15) is 5.26 Å². The van der Waals surface area contributed by atoms with Crippen LogP contribution in [0.1, 0.15) is 37.5 Å². The first-order valence-electron chi connectivity index (χ1n) is 13.1. The van der Waals surface area contributed by atoms with Crippen LogP contribution in [0.3, 0.4) is 0 Å². The maximum atomic E-state index is 14.2. The first-order valence-corrected chi connectivity index (χ1v) is 14.6. The van der Waals surface area contributed by atoms with Gasteiger partial charge in [-0.15, -0.1) is 10.2 Å². The molecule has 12 nitrogen and oxygen atoms in total. The van der Waals surface area contributed by atoms with Crippen molar-refractivity contribution >= 4 is 16.0 Å². The van der Waals surface area contributed by atoms with E-state index in [9.17, 15) is 13.5 Å². The standard InChI is InChI=1S/C29H32N6O6S/c1-6-17-34(42(37,38)19(2)27(36)21-15-13-20(18-30)14-16-21)29-33-32-28(22-9-7-12-25(31-22)41-5)35(29)26-23(39-3)10-8-11-24(26)40-4/h7-16,19,27,36H,6,17H2,1-5H3/t19-,27+/m1/s1. The van der Waals surface area contributed by atoms with Crippen LogP contribution < -0.4 is 18.5 Å². The predicted octanol–water partition coefficient (Wildman–Crippen LogP) is 3.90. The van der Waals surface area contributed by atoms with Crippen LogP contribution in [-0.4, -0.2) is 66.4 Å². The molecule has 2 aromatic heterocycles. The smallest absolute Gasteiger partial charge is 0.246 e. The van der Waals surface area contributed by atoms with Gasteiger partial charge in [-0.05, 0) is 49.2 Å². The van der Waals surface area contributed by atoms with Crippen molar-refractivity contribution in [2.24, 2.45) is 0 Å². The van der Waals surface area contributed by atoms with E-state index in [-0.39, 0.29) is 18.3 Å². The number of anilines is 1. The molecule has 0 spiro atoms. The Kier molecular flexibility index (Phi) is 9.29. The monoisotopic (exact) mass is 592 g/mol. The topological polar surface area (TPSA) is 153 Å². The van der Waals surface area contributed by atoms with E-state index < -0.39 is 21.4 Å². The molecule has 2 atom stereocenters. The first kappa shape index (κ1) is 30.3. The van der Waals surface area contributed by atoms with Crippen molar-refractivity contribution in [1.29, 1.82) is 5.26 Å². The Morgan fingerprint density at radius 2 is 1.62 bits per heavy atom. The average molecular weight is 593 g/mol. The summed E-state index contributed by atoms with van der Waals surface area (Å²) >= 11 is 0. The summed E-state index contributed by atoms with van der Waals surface area (Å²) in [7, 11) is 0.202.